The molecule has 0 aliphatic heterocycles. The molecule has 1 aromatic carbocycles. The molecule has 1 aromatic heterocycles. The predicted octanol–water partition coefficient (Wildman–Crippen LogP) is 3.00. The molecule has 1 heterocycles. The maximum absolute atomic E-state index is 12.0. The minimum Gasteiger partial charge on any atom is -0.463 e. The number of ether oxygens (including phenoxy) is 1. The Morgan fingerprint density at radius 2 is 2.15 bits per heavy atom. The van der Waals surface area contributed by atoms with Gasteiger partial charge in [0.25, 0.3) is 0 Å². The van der Waals surface area contributed by atoms with Crippen molar-refractivity contribution in [2.24, 2.45) is 5.41 Å². The quantitative estimate of drug-likeness (QED) is 0.854. The number of rotatable bonds is 3. The van der Waals surface area contributed by atoms with Gasteiger partial charge < -0.3 is 15.2 Å². The number of benzene rings is 1. The zero-order valence-corrected chi connectivity index (χ0v) is 12.7. The van der Waals surface area contributed by atoms with Gasteiger partial charge in [-0.15, -0.1) is 0 Å². The van der Waals surface area contributed by atoms with Crippen LogP contribution in [0.3, 0.4) is 0 Å². The Morgan fingerprint density at radius 1 is 1.45 bits per heavy atom. The van der Waals surface area contributed by atoms with Crippen LogP contribution in [0.5, 0.6) is 5.75 Å². The van der Waals surface area contributed by atoms with Crippen LogP contribution in [0.1, 0.15) is 27.7 Å². The van der Waals surface area contributed by atoms with Crippen molar-refractivity contribution in [1.82, 2.24) is 4.98 Å². The second-order valence-electron chi connectivity index (χ2n) is 5.54. The van der Waals surface area contributed by atoms with Crippen LogP contribution in [0, 0.1) is 5.41 Å². The number of nitrogens with one attached hydrogen (secondary N) is 1. The number of aliphatic hydroxyl groups excluding tert-OH is 1. The maximum atomic E-state index is 12.0. The van der Waals surface area contributed by atoms with Gasteiger partial charge in [-0.3, -0.25) is 4.79 Å². The lowest BCUT2D eigenvalue weighted by Gasteiger charge is -2.15. The summed E-state index contributed by atoms with van der Waals surface area (Å²) < 4.78 is 6.20. The summed E-state index contributed by atoms with van der Waals surface area (Å²) in [7, 11) is 0. The molecule has 0 unspecified atom stereocenters. The number of thiazole rings is 1. The lowest BCUT2D eigenvalue weighted by molar-refractivity contribution is -0.123. The number of fused-ring (bicyclic) bond motifs is 1. The van der Waals surface area contributed by atoms with Crippen LogP contribution in [0.4, 0.5) is 5.13 Å². The first kappa shape index (κ1) is 14.7. The second-order valence-corrected chi connectivity index (χ2v) is 6.57. The maximum Gasteiger partial charge on any atom is 0.231 e. The summed E-state index contributed by atoms with van der Waals surface area (Å²) in [5, 5.41) is 12.6. The Hall–Kier alpha value is -1.66. The van der Waals surface area contributed by atoms with E-state index in [0.29, 0.717) is 16.4 Å². The number of amides is 1. The molecule has 1 amide bonds. The summed E-state index contributed by atoms with van der Waals surface area (Å²) in [6, 6.07) is 5.46. The Balaban J connectivity index is 2.32. The fourth-order valence-corrected chi connectivity index (χ4v) is 2.42. The highest BCUT2D eigenvalue weighted by Crippen LogP contribution is 2.33. The fraction of sp³-hybridized carbons (Fsp3) is 0.429. The molecular weight excluding hydrogens is 276 g/mol. The standard InChI is InChI=1S/C14H18N2O3S/c1-8(17)19-9-6-5-7-10-11(9)15-13(20-10)16-12(18)14(2,3)4/h5-8,17H,1-4H3,(H,15,16,18)/t8-/m0/s1. The van der Waals surface area contributed by atoms with Crippen LogP contribution in [-0.2, 0) is 4.79 Å². The summed E-state index contributed by atoms with van der Waals surface area (Å²) in [6.07, 6.45) is -0.907. The van der Waals surface area contributed by atoms with Crippen LogP contribution in [0.25, 0.3) is 10.2 Å². The third-order valence-corrected chi connectivity index (χ3v) is 3.52. The molecule has 108 valence electrons. The Labute approximate surface area is 121 Å². The molecule has 6 heteroatoms. The van der Waals surface area contributed by atoms with E-state index in [2.05, 4.69) is 10.3 Å². The largest absolute Gasteiger partial charge is 0.463 e. The summed E-state index contributed by atoms with van der Waals surface area (Å²) in [5.41, 5.74) is 0.166. The minimum atomic E-state index is -0.907. The number of carbonyl (C=O) groups excluding carboxylic acids is 1. The third kappa shape index (κ3) is 3.26. The van der Waals surface area contributed by atoms with Crippen molar-refractivity contribution in [3.8, 4) is 5.75 Å². The summed E-state index contributed by atoms with van der Waals surface area (Å²) in [5.74, 6) is 0.416. The van der Waals surface area contributed by atoms with E-state index < -0.39 is 11.7 Å². The first-order chi connectivity index (χ1) is 9.27. The van der Waals surface area contributed by atoms with Gasteiger partial charge in [-0.1, -0.05) is 38.2 Å². The van der Waals surface area contributed by atoms with E-state index in [1.165, 1.54) is 18.3 Å². The monoisotopic (exact) mass is 294 g/mol. The van der Waals surface area contributed by atoms with E-state index in [0.717, 1.165) is 4.70 Å². The van der Waals surface area contributed by atoms with Crippen molar-refractivity contribution < 1.29 is 14.6 Å². The highest BCUT2D eigenvalue weighted by molar-refractivity contribution is 7.22. The zero-order valence-electron chi connectivity index (χ0n) is 11.9. The summed E-state index contributed by atoms with van der Waals surface area (Å²) in [6.45, 7) is 7.07. The van der Waals surface area contributed by atoms with Crippen LogP contribution >= 0.6 is 11.3 Å². The van der Waals surface area contributed by atoms with Gasteiger partial charge in [-0.2, -0.15) is 0 Å². The van der Waals surface area contributed by atoms with Gasteiger partial charge in [0.2, 0.25) is 5.91 Å². The van der Waals surface area contributed by atoms with Crippen molar-refractivity contribution in [3.63, 3.8) is 0 Å². The van der Waals surface area contributed by atoms with E-state index in [1.54, 1.807) is 6.07 Å². The van der Waals surface area contributed by atoms with Gasteiger partial charge >= 0.3 is 0 Å². The van der Waals surface area contributed by atoms with Gasteiger partial charge in [0.1, 0.15) is 11.3 Å². The third-order valence-electron chi connectivity index (χ3n) is 2.58. The normalized spacial score (nSPS) is 13.2. The summed E-state index contributed by atoms with van der Waals surface area (Å²) in [4.78, 5) is 16.3. The molecule has 0 saturated heterocycles. The second kappa shape index (κ2) is 5.38. The van der Waals surface area contributed by atoms with Crippen molar-refractivity contribution in [3.05, 3.63) is 18.2 Å². The SMILES string of the molecule is C[C@@H](O)Oc1cccc2sc(NC(=O)C(C)(C)C)nc12. The molecule has 20 heavy (non-hydrogen) atoms. The molecule has 0 spiro atoms. The molecule has 0 saturated carbocycles. The number of aliphatic hydroxyl groups is 1. The van der Waals surface area contributed by atoms with Crippen LogP contribution in [0.2, 0.25) is 0 Å². The van der Waals surface area contributed by atoms with E-state index in [4.69, 9.17) is 4.74 Å². The van der Waals surface area contributed by atoms with Gasteiger partial charge in [-0.25, -0.2) is 4.98 Å². The van der Waals surface area contributed by atoms with Crippen LogP contribution in [0.15, 0.2) is 18.2 Å². The van der Waals surface area contributed by atoms with Gasteiger partial charge in [0.15, 0.2) is 11.4 Å². The minimum absolute atomic E-state index is 0.0884. The lowest BCUT2D eigenvalue weighted by Crippen LogP contribution is -2.27. The Bertz CT molecular complexity index is 629. The number of anilines is 1. The lowest BCUT2D eigenvalue weighted by atomic mass is 9.96. The number of para-hydroxylation sites is 1. The molecule has 0 aliphatic carbocycles. The highest BCUT2D eigenvalue weighted by atomic mass is 32.1. The van der Waals surface area contributed by atoms with Crippen molar-refractivity contribution in [2.45, 2.75) is 34.0 Å². The molecule has 2 aromatic rings. The smallest absolute Gasteiger partial charge is 0.231 e. The molecular formula is C14H18N2O3S. The molecule has 0 fully saturated rings. The average molecular weight is 294 g/mol. The van der Waals surface area contributed by atoms with Crippen molar-refractivity contribution in [1.29, 1.82) is 0 Å². The first-order valence-corrected chi connectivity index (χ1v) is 7.15. The highest BCUT2D eigenvalue weighted by Gasteiger charge is 2.22. The van der Waals surface area contributed by atoms with E-state index in [1.807, 2.05) is 32.9 Å². The molecule has 1 atom stereocenters. The summed E-state index contributed by atoms with van der Waals surface area (Å²) >= 11 is 1.38. The number of hydrogen-bond acceptors (Lipinski definition) is 5. The van der Waals surface area contributed by atoms with Crippen LogP contribution < -0.4 is 10.1 Å². The topological polar surface area (TPSA) is 71.5 Å². The van der Waals surface area contributed by atoms with Gasteiger partial charge in [0, 0.05) is 5.41 Å². The number of carbonyl (C=O) groups is 1. The van der Waals surface area contributed by atoms with Gasteiger partial charge in [0.05, 0.1) is 4.70 Å². The predicted molar refractivity (Wildman–Crippen MR) is 80.0 cm³/mol. The number of aromatic nitrogens is 1. The van der Waals surface area contributed by atoms with Crippen molar-refractivity contribution >= 4 is 32.6 Å². The zero-order chi connectivity index (χ0) is 14.9. The van der Waals surface area contributed by atoms with E-state index in [9.17, 15) is 9.90 Å². The molecule has 5 nitrogen and oxygen atoms in total. The van der Waals surface area contributed by atoms with E-state index >= 15 is 0 Å². The first-order valence-electron chi connectivity index (χ1n) is 6.33. The number of nitrogens with zero attached hydrogens (tertiary/aromatic N) is 1. The Kier molecular flexibility index (Phi) is 3.96. The average Bonchev–Trinajstić information content (AvgIpc) is 2.70. The molecule has 2 N–H and O–H groups in total. The number of hydrogen-bond donors (Lipinski definition) is 2. The van der Waals surface area contributed by atoms with E-state index in [-0.39, 0.29) is 5.91 Å². The van der Waals surface area contributed by atoms with Crippen LogP contribution in [-0.4, -0.2) is 22.3 Å². The Morgan fingerprint density at radius 3 is 2.75 bits per heavy atom. The molecule has 0 bridgehead atoms. The molecule has 2 rings (SSSR count). The fourth-order valence-electron chi connectivity index (χ4n) is 1.54. The molecule has 0 radical (unpaired) electrons. The van der Waals surface area contributed by atoms with Crippen molar-refractivity contribution in [2.75, 3.05) is 5.32 Å². The molecule has 0 aliphatic rings. The van der Waals surface area contributed by atoms with Gasteiger partial charge in [-0.05, 0) is 19.1 Å².